The minimum atomic E-state index is -0.661. The van der Waals surface area contributed by atoms with Crippen LogP contribution in [0.5, 0.6) is 0 Å². The number of nitrogens with one attached hydrogen (secondary N) is 1. The number of aryl methyl sites for hydroxylation is 1. The Kier molecular flexibility index (Phi) is 5.36. The van der Waals surface area contributed by atoms with Crippen LogP contribution in [-0.4, -0.2) is 51.8 Å². The van der Waals surface area contributed by atoms with Crippen molar-refractivity contribution in [2.45, 2.75) is 26.3 Å². The van der Waals surface area contributed by atoms with Gasteiger partial charge >= 0.3 is 10.8 Å². The second-order valence-electron chi connectivity index (χ2n) is 6.11. The number of carbonyl (C=O) groups excluding carboxylic acids is 3. The minimum absolute atomic E-state index is 0.133. The van der Waals surface area contributed by atoms with Crippen molar-refractivity contribution in [1.82, 2.24) is 14.5 Å². The summed E-state index contributed by atoms with van der Waals surface area (Å²) in [5.41, 5.74) is 1.30. The summed E-state index contributed by atoms with van der Waals surface area (Å²) >= 11 is 1.00. The number of rotatable bonds is 6. The molecule has 1 aliphatic heterocycles. The molecule has 0 aromatic carbocycles. The number of esters is 1. The maximum atomic E-state index is 12.3. The van der Waals surface area contributed by atoms with Gasteiger partial charge < -0.3 is 14.6 Å². The van der Waals surface area contributed by atoms with Gasteiger partial charge in [-0.15, -0.1) is 0 Å². The number of likely N-dealkylation sites (tertiary alicyclic amines) is 1. The van der Waals surface area contributed by atoms with Crippen LogP contribution in [0.1, 0.15) is 39.4 Å². The Morgan fingerprint density at radius 1 is 1.27 bits per heavy atom. The average molecular weight is 377 g/mol. The van der Waals surface area contributed by atoms with Crippen LogP contribution in [0.4, 0.5) is 0 Å². The van der Waals surface area contributed by atoms with Crippen LogP contribution >= 0.6 is 11.3 Å². The van der Waals surface area contributed by atoms with Crippen molar-refractivity contribution in [3.8, 4) is 0 Å². The highest BCUT2D eigenvalue weighted by molar-refractivity contribution is 7.07. The first-order valence-electron chi connectivity index (χ1n) is 8.27. The minimum Gasteiger partial charge on any atom is -0.456 e. The van der Waals surface area contributed by atoms with Crippen LogP contribution < -0.4 is 4.87 Å². The molecule has 1 aliphatic rings. The van der Waals surface area contributed by atoms with Crippen LogP contribution in [0.2, 0.25) is 0 Å². The Labute approximate surface area is 153 Å². The van der Waals surface area contributed by atoms with Crippen molar-refractivity contribution in [2.24, 2.45) is 0 Å². The van der Waals surface area contributed by atoms with E-state index in [1.165, 1.54) is 16.8 Å². The van der Waals surface area contributed by atoms with E-state index >= 15 is 0 Å². The quantitative estimate of drug-likeness (QED) is 0.602. The Morgan fingerprint density at radius 3 is 2.65 bits per heavy atom. The standard InChI is InChI=1S/C17H19N3O5S/c1-11-10-26-17(24)20(11)8-15(22)25-9-14(21)12-6-13(18-7-12)16(23)19-4-2-3-5-19/h6-7,10,18H,2-5,8-9H2,1H3. The van der Waals surface area contributed by atoms with Crippen molar-refractivity contribution in [2.75, 3.05) is 19.7 Å². The maximum absolute atomic E-state index is 12.3. The van der Waals surface area contributed by atoms with Gasteiger partial charge in [-0.3, -0.25) is 23.7 Å². The highest BCUT2D eigenvalue weighted by atomic mass is 32.1. The molecule has 0 aliphatic carbocycles. The summed E-state index contributed by atoms with van der Waals surface area (Å²) in [4.78, 5) is 52.1. The molecule has 3 heterocycles. The third-order valence-corrected chi connectivity index (χ3v) is 5.14. The maximum Gasteiger partial charge on any atom is 0.326 e. The molecule has 0 radical (unpaired) electrons. The molecule has 1 N–H and O–H groups in total. The van der Waals surface area contributed by atoms with Crippen molar-refractivity contribution >= 4 is 29.0 Å². The molecule has 138 valence electrons. The van der Waals surface area contributed by atoms with E-state index < -0.39 is 18.4 Å². The van der Waals surface area contributed by atoms with Gasteiger partial charge in [-0.2, -0.15) is 0 Å². The number of Topliss-reactive ketones (excluding diaryl/α,β-unsaturated/α-hetero) is 1. The number of hydrogen-bond donors (Lipinski definition) is 1. The van der Waals surface area contributed by atoms with E-state index in [0.717, 1.165) is 37.3 Å². The summed E-state index contributed by atoms with van der Waals surface area (Å²) in [6, 6.07) is 1.48. The topological polar surface area (TPSA) is 101 Å². The number of H-pyrrole nitrogens is 1. The predicted octanol–water partition coefficient (Wildman–Crippen LogP) is 1.21. The van der Waals surface area contributed by atoms with Crippen molar-refractivity contribution in [3.63, 3.8) is 0 Å². The summed E-state index contributed by atoms with van der Waals surface area (Å²) in [6.07, 6.45) is 3.41. The lowest BCUT2D eigenvalue weighted by molar-refractivity contribution is -0.143. The summed E-state index contributed by atoms with van der Waals surface area (Å²) in [6.45, 7) is 2.49. The summed E-state index contributed by atoms with van der Waals surface area (Å²) in [7, 11) is 0. The lowest BCUT2D eigenvalue weighted by atomic mass is 10.2. The number of aromatic amines is 1. The third kappa shape index (κ3) is 3.93. The Morgan fingerprint density at radius 2 is 2.00 bits per heavy atom. The number of ether oxygens (including phenoxy) is 1. The van der Waals surface area contributed by atoms with E-state index in [1.807, 2.05) is 0 Å². The van der Waals surface area contributed by atoms with Gasteiger partial charge in [-0.05, 0) is 25.8 Å². The second-order valence-corrected chi connectivity index (χ2v) is 6.93. The monoisotopic (exact) mass is 377 g/mol. The van der Waals surface area contributed by atoms with E-state index in [-0.39, 0.29) is 22.9 Å². The molecule has 1 fully saturated rings. The molecule has 0 unspecified atom stereocenters. The molecule has 8 nitrogen and oxygen atoms in total. The highest BCUT2D eigenvalue weighted by Crippen LogP contribution is 2.13. The lowest BCUT2D eigenvalue weighted by Crippen LogP contribution is -2.27. The fourth-order valence-electron chi connectivity index (χ4n) is 2.77. The summed E-state index contributed by atoms with van der Waals surface area (Å²) in [5.74, 6) is -1.21. The zero-order valence-electron chi connectivity index (χ0n) is 14.3. The van der Waals surface area contributed by atoms with Gasteiger partial charge in [-0.25, -0.2) is 0 Å². The van der Waals surface area contributed by atoms with E-state index in [0.29, 0.717) is 11.4 Å². The molecule has 0 saturated carbocycles. The predicted molar refractivity (Wildman–Crippen MR) is 94.5 cm³/mol. The van der Waals surface area contributed by atoms with Gasteiger partial charge in [0.2, 0.25) is 5.78 Å². The van der Waals surface area contributed by atoms with Crippen LogP contribution in [0, 0.1) is 6.92 Å². The van der Waals surface area contributed by atoms with Crippen LogP contribution in [0.25, 0.3) is 0 Å². The molecule has 26 heavy (non-hydrogen) atoms. The molecule has 3 rings (SSSR count). The SMILES string of the molecule is Cc1csc(=O)n1CC(=O)OCC(=O)c1c[nH]c(C(=O)N2CCCC2)c1. The van der Waals surface area contributed by atoms with Gasteiger partial charge in [0.15, 0.2) is 6.61 Å². The second kappa shape index (κ2) is 7.69. The number of ketones is 1. The van der Waals surface area contributed by atoms with E-state index in [9.17, 15) is 19.2 Å². The number of carbonyl (C=O) groups is 3. The van der Waals surface area contributed by atoms with E-state index in [2.05, 4.69) is 4.98 Å². The van der Waals surface area contributed by atoms with Gasteiger partial charge in [0.1, 0.15) is 12.2 Å². The first kappa shape index (κ1) is 18.1. The first-order valence-corrected chi connectivity index (χ1v) is 9.15. The van der Waals surface area contributed by atoms with E-state index in [4.69, 9.17) is 4.74 Å². The molecule has 9 heteroatoms. The molecule has 2 aromatic rings. The summed E-state index contributed by atoms with van der Waals surface area (Å²) < 4.78 is 6.25. The number of hydrogen-bond acceptors (Lipinski definition) is 6. The van der Waals surface area contributed by atoms with Gasteiger partial charge in [-0.1, -0.05) is 11.3 Å². The third-order valence-electron chi connectivity index (χ3n) is 4.26. The molecule has 0 atom stereocenters. The number of thiazole rings is 1. The van der Waals surface area contributed by atoms with Gasteiger partial charge in [0.25, 0.3) is 5.91 Å². The molecule has 0 bridgehead atoms. The summed E-state index contributed by atoms with van der Waals surface area (Å²) in [5, 5.41) is 1.65. The molecule has 0 spiro atoms. The number of amides is 1. The fraction of sp³-hybridized carbons (Fsp3) is 0.412. The average Bonchev–Trinajstić information content (AvgIpc) is 3.37. The molecule has 1 saturated heterocycles. The molecule has 2 aromatic heterocycles. The largest absolute Gasteiger partial charge is 0.456 e. The number of aromatic nitrogens is 2. The van der Waals surface area contributed by atoms with Crippen molar-refractivity contribution in [1.29, 1.82) is 0 Å². The van der Waals surface area contributed by atoms with Crippen LogP contribution in [0.3, 0.4) is 0 Å². The first-order chi connectivity index (χ1) is 12.5. The molecular weight excluding hydrogens is 358 g/mol. The van der Waals surface area contributed by atoms with Crippen LogP contribution in [0.15, 0.2) is 22.4 Å². The lowest BCUT2D eigenvalue weighted by Gasteiger charge is -2.13. The smallest absolute Gasteiger partial charge is 0.326 e. The zero-order valence-corrected chi connectivity index (χ0v) is 15.1. The normalized spacial score (nSPS) is 13.8. The molecular formula is C17H19N3O5S. The number of nitrogens with zero attached hydrogens (tertiary/aromatic N) is 2. The zero-order chi connectivity index (χ0) is 18.7. The van der Waals surface area contributed by atoms with Crippen molar-refractivity contribution < 1.29 is 19.1 Å². The molecule has 1 amide bonds. The van der Waals surface area contributed by atoms with Crippen molar-refractivity contribution in [3.05, 3.63) is 44.3 Å². The highest BCUT2D eigenvalue weighted by Gasteiger charge is 2.22. The van der Waals surface area contributed by atoms with Crippen LogP contribution in [-0.2, 0) is 16.1 Å². The Balaban J connectivity index is 1.54. The fourth-order valence-corrected chi connectivity index (χ4v) is 3.50. The Hall–Kier alpha value is -2.68. The Bertz CT molecular complexity index is 888. The van der Waals surface area contributed by atoms with E-state index in [1.54, 1.807) is 17.2 Å². The van der Waals surface area contributed by atoms with Gasteiger partial charge in [0.05, 0.1) is 0 Å². The van der Waals surface area contributed by atoms with Gasteiger partial charge in [0, 0.05) is 35.9 Å².